The van der Waals surface area contributed by atoms with E-state index in [4.69, 9.17) is 0 Å². The first-order valence-corrected chi connectivity index (χ1v) is 7.37. The molecule has 1 aromatic carbocycles. The zero-order chi connectivity index (χ0) is 15.4. The summed E-state index contributed by atoms with van der Waals surface area (Å²) in [5.74, 6) is 0.288. The smallest absolute Gasteiger partial charge is 0.247 e. The van der Waals surface area contributed by atoms with Gasteiger partial charge in [-0.15, -0.1) is 5.10 Å². The molecular formula is C15H12BrN5O. The average Bonchev–Trinajstić information content (AvgIpc) is 2.99. The standard InChI is InChI=1S/C15H12BrN5O/c16-12-6-7-14(17-8-12)18-15(22)10-21-9-13(19-20-21)11-4-2-1-3-5-11/h1-9H,10H2,(H,17,18,22). The second-order valence-corrected chi connectivity index (χ2v) is 5.49. The van der Waals surface area contributed by atoms with Crippen molar-refractivity contribution in [3.63, 3.8) is 0 Å². The van der Waals surface area contributed by atoms with Gasteiger partial charge in [0, 0.05) is 16.2 Å². The van der Waals surface area contributed by atoms with Crippen LogP contribution in [0.1, 0.15) is 0 Å². The Labute approximate surface area is 135 Å². The van der Waals surface area contributed by atoms with E-state index in [-0.39, 0.29) is 12.5 Å². The summed E-state index contributed by atoms with van der Waals surface area (Å²) in [5.41, 5.74) is 1.69. The third kappa shape index (κ3) is 3.56. The molecule has 0 fully saturated rings. The highest BCUT2D eigenvalue weighted by Crippen LogP contribution is 2.15. The van der Waals surface area contributed by atoms with Crippen LogP contribution in [0.5, 0.6) is 0 Å². The third-order valence-electron chi connectivity index (χ3n) is 2.91. The van der Waals surface area contributed by atoms with Crippen LogP contribution in [-0.4, -0.2) is 25.9 Å². The molecule has 2 aromatic heterocycles. The summed E-state index contributed by atoms with van der Waals surface area (Å²) in [6, 6.07) is 13.2. The molecule has 0 aliphatic rings. The number of pyridine rings is 1. The molecule has 22 heavy (non-hydrogen) atoms. The zero-order valence-electron chi connectivity index (χ0n) is 11.5. The van der Waals surface area contributed by atoms with Crippen LogP contribution in [0.25, 0.3) is 11.3 Å². The van der Waals surface area contributed by atoms with Gasteiger partial charge in [-0.2, -0.15) is 0 Å². The number of amides is 1. The van der Waals surface area contributed by atoms with E-state index < -0.39 is 0 Å². The van der Waals surface area contributed by atoms with E-state index in [2.05, 4.69) is 36.5 Å². The maximum Gasteiger partial charge on any atom is 0.247 e. The summed E-state index contributed by atoms with van der Waals surface area (Å²) in [4.78, 5) is 16.0. The van der Waals surface area contributed by atoms with Gasteiger partial charge >= 0.3 is 0 Å². The summed E-state index contributed by atoms with van der Waals surface area (Å²) in [7, 11) is 0. The number of nitrogens with one attached hydrogen (secondary N) is 1. The normalized spacial score (nSPS) is 10.4. The van der Waals surface area contributed by atoms with Crippen molar-refractivity contribution >= 4 is 27.7 Å². The molecule has 3 aromatic rings. The molecule has 0 saturated heterocycles. The molecule has 0 saturated carbocycles. The lowest BCUT2D eigenvalue weighted by molar-refractivity contribution is -0.116. The Morgan fingerprint density at radius 2 is 2.00 bits per heavy atom. The summed E-state index contributed by atoms with van der Waals surface area (Å²) in [5, 5.41) is 10.7. The molecule has 6 nitrogen and oxygen atoms in total. The second kappa shape index (κ2) is 6.48. The van der Waals surface area contributed by atoms with E-state index in [0.717, 1.165) is 15.7 Å². The summed E-state index contributed by atoms with van der Waals surface area (Å²) < 4.78 is 2.35. The Balaban J connectivity index is 1.65. The predicted octanol–water partition coefficient (Wildman–Crippen LogP) is 2.74. The first-order chi connectivity index (χ1) is 10.7. The minimum absolute atomic E-state index is 0.0809. The van der Waals surface area contributed by atoms with Crippen LogP contribution < -0.4 is 5.32 Å². The predicted molar refractivity (Wildman–Crippen MR) is 86.0 cm³/mol. The van der Waals surface area contributed by atoms with E-state index in [9.17, 15) is 4.79 Å². The molecule has 2 heterocycles. The Morgan fingerprint density at radius 1 is 1.18 bits per heavy atom. The third-order valence-corrected chi connectivity index (χ3v) is 3.38. The molecule has 0 spiro atoms. The molecule has 7 heteroatoms. The molecule has 0 atom stereocenters. The van der Waals surface area contributed by atoms with Crippen molar-refractivity contribution in [2.75, 3.05) is 5.32 Å². The Kier molecular flexibility index (Phi) is 4.24. The van der Waals surface area contributed by atoms with Crippen molar-refractivity contribution in [1.82, 2.24) is 20.0 Å². The van der Waals surface area contributed by atoms with Gasteiger partial charge in [-0.05, 0) is 28.1 Å². The number of carbonyl (C=O) groups excluding carboxylic acids is 1. The van der Waals surface area contributed by atoms with Crippen LogP contribution in [0.15, 0.2) is 59.3 Å². The fourth-order valence-electron chi connectivity index (χ4n) is 1.90. The van der Waals surface area contributed by atoms with Crippen molar-refractivity contribution in [3.8, 4) is 11.3 Å². The van der Waals surface area contributed by atoms with Crippen LogP contribution in [0.4, 0.5) is 5.82 Å². The lowest BCUT2D eigenvalue weighted by Gasteiger charge is -2.03. The fraction of sp³-hybridized carbons (Fsp3) is 0.0667. The summed E-state index contributed by atoms with van der Waals surface area (Å²) in [6.07, 6.45) is 3.36. The lowest BCUT2D eigenvalue weighted by atomic mass is 10.2. The number of benzene rings is 1. The molecule has 110 valence electrons. The minimum atomic E-state index is -0.209. The highest BCUT2D eigenvalue weighted by Gasteiger charge is 2.08. The average molecular weight is 358 g/mol. The largest absolute Gasteiger partial charge is 0.309 e. The van der Waals surface area contributed by atoms with Crippen LogP contribution >= 0.6 is 15.9 Å². The number of hydrogen-bond donors (Lipinski definition) is 1. The molecule has 0 radical (unpaired) electrons. The van der Waals surface area contributed by atoms with Gasteiger partial charge in [0.15, 0.2) is 0 Å². The van der Waals surface area contributed by atoms with Gasteiger partial charge in [-0.3, -0.25) is 4.79 Å². The first-order valence-electron chi connectivity index (χ1n) is 6.58. The molecule has 3 rings (SSSR count). The number of aromatic nitrogens is 4. The van der Waals surface area contributed by atoms with Crippen LogP contribution in [0.2, 0.25) is 0 Å². The monoisotopic (exact) mass is 357 g/mol. The van der Waals surface area contributed by atoms with E-state index in [0.29, 0.717) is 5.82 Å². The Morgan fingerprint density at radius 3 is 2.73 bits per heavy atom. The quantitative estimate of drug-likeness (QED) is 0.779. The van der Waals surface area contributed by atoms with Crippen molar-refractivity contribution in [2.24, 2.45) is 0 Å². The van der Waals surface area contributed by atoms with Gasteiger partial charge in [-0.1, -0.05) is 35.5 Å². The van der Waals surface area contributed by atoms with E-state index >= 15 is 0 Å². The van der Waals surface area contributed by atoms with Crippen molar-refractivity contribution in [3.05, 3.63) is 59.3 Å². The highest BCUT2D eigenvalue weighted by atomic mass is 79.9. The van der Waals surface area contributed by atoms with E-state index in [1.54, 1.807) is 18.5 Å². The summed E-state index contributed by atoms with van der Waals surface area (Å²) >= 11 is 3.29. The topological polar surface area (TPSA) is 72.7 Å². The van der Waals surface area contributed by atoms with Gasteiger partial charge in [0.25, 0.3) is 0 Å². The van der Waals surface area contributed by atoms with Crippen LogP contribution in [-0.2, 0) is 11.3 Å². The summed E-state index contributed by atoms with van der Waals surface area (Å²) in [6.45, 7) is 0.0809. The molecule has 0 unspecified atom stereocenters. The van der Waals surface area contributed by atoms with E-state index in [1.165, 1.54) is 4.68 Å². The maximum atomic E-state index is 12.0. The molecule has 0 aliphatic heterocycles. The van der Waals surface area contributed by atoms with Gasteiger partial charge in [-0.25, -0.2) is 9.67 Å². The van der Waals surface area contributed by atoms with Crippen LogP contribution in [0, 0.1) is 0 Å². The van der Waals surface area contributed by atoms with E-state index in [1.807, 2.05) is 36.4 Å². The number of rotatable bonds is 4. The molecule has 0 aliphatic carbocycles. The van der Waals surface area contributed by atoms with Gasteiger partial charge in [0.05, 0.1) is 6.20 Å². The Hall–Kier alpha value is -2.54. The lowest BCUT2D eigenvalue weighted by Crippen LogP contribution is -2.19. The molecule has 1 amide bonds. The fourth-order valence-corrected chi connectivity index (χ4v) is 2.13. The molecule has 1 N–H and O–H groups in total. The number of halogens is 1. The van der Waals surface area contributed by atoms with Crippen LogP contribution in [0.3, 0.4) is 0 Å². The van der Waals surface area contributed by atoms with Gasteiger partial charge in [0.1, 0.15) is 18.1 Å². The minimum Gasteiger partial charge on any atom is -0.309 e. The van der Waals surface area contributed by atoms with Crippen molar-refractivity contribution in [1.29, 1.82) is 0 Å². The number of carbonyl (C=O) groups is 1. The molecular weight excluding hydrogens is 346 g/mol. The first kappa shape index (κ1) is 14.4. The Bertz CT molecular complexity index is 770. The van der Waals surface area contributed by atoms with Crippen molar-refractivity contribution < 1.29 is 4.79 Å². The number of anilines is 1. The SMILES string of the molecule is O=C(Cn1cc(-c2ccccc2)nn1)Nc1ccc(Br)cn1. The second-order valence-electron chi connectivity index (χ2n) is 4.58. The zero-order valence-corrected chi connectivity index (χ0v) is 13.1. The number of nitrogens with zero attached hydrogens (tertiary/aromatic N) is 4. The van der Waals surface area contributed by atoms with Crippen molar-refractivity contribution in [2.45, 2.75) is 6.54 Å². The molecule has 0 bridgehead atoms. The number of hydrogen-bond acceptors (Lipinski definition) is 4. The highest BCUT2D eigenvalue weighted by molar-refractivity contribution is 9.10. The maximum absolute atomic E-state index is 12.0. The van der Waals surface area contributed by atoms with Gasteiger partial charge < -0.3 is 5.32 Å². The van der Waals surface area contributed by atoms with Gasteiger partial charge in [0.2, 0.25) is 5.91 Å².